The van der Waals surface area contributed by atoms with Crippen LogP contribution in [0.5, 0.6) is 0 Å². The zero-order valence-electron chi connectivity index (χ0n) is 16.2. The van der Waals surface area contributed by atoms with Crippen molar-refractivity contribution in [1.29, 1.82) is 0 Å². The average molecular weight is 425 g/mol. The van der Waals surface area contributed by atoms with E-state index in [2.05, 4.69) is 78.5 Å². The number of aromatic nitrogens is 2. The maximum atomic E-state index is 4.72. The third-order valence-electron chi connectivity index (χ3n) is 4.53. The Morgan fingerprint density at radius 1 is 1.00 bits per heavy atom. The van der Waals surface area contributed by atoms with Gasteiger partial charge in [-0.3, -0.25) is 0 Å². The van der Waals surface area contributed by atoms with Crippen molar-refractivity contribution >= 4 is 33.4 Å². The average Bonchev–Trinajstić information content (AvgIpc) is 2.65. The van der Waals surface area contributed by atoms with E-state index in [9.17, 15) is 0 Å². The predicted octanol–water partition coefficient (Wildman–Crippen LogP) is 6.48. The largest absolute Gasteiger partial charge is 0.352 e. The molecule has 0 bridgehead atoms. The summed E-state index contributed by atoms with van der Waals surface area (Å²) in [7, 11) is 0. The van der Waals surface area contributed by atoms with Gasteiger partial charge < -0.3 is 10.6 Å². The van der Waals surface area contributed by atoms with E-state index in [1.807, 2.05) is 24.3 Å². The summed E-state index contributed by atoms with van der Waals surface area (Å²) in [5.41, 5.74) is 5.37. The van der Waals surface area contributed by atoms with Crippen LogP contribution in [0.25, 0.3) is 11.3 Å². The molecule has 3 aromatic rings. The highest BCUT2D eigenvalue weighted by Gasteiger charge is 2.11. The van der Waals surface area contributed by atoms with Crippen LogP contribution in [0.1, 0.15) is 31.4 Å². The summed E-state index contributed by atoms with van der Waals surface area (Å²) in [6.45, 7) is 8.47. The van der Waals surface area contributed by atoms with Crippen molar-refractivity contribution in [3.63, 3.8) is 0 Å². The summed E-state index contributed by atoms with van der Waals surface area (Å²) >= 11 is 3.56. The Bertz CT molecular complexity index is 902. The lowest BCUT2D eigenvalue weighted by atomic mass is 10.1. The minimum Gasteiger partial charge on any atom is -0.352 e. The SMILES string of the molecule is CC[C@@H](C)Nc1nc(Nc2c(C)cc(Br)cc2C)cc(-c2ccccc2)n1. The summed E-state index contributed by atoms with van der Waals surface area (Å²) in [4.78, 5) is 9.42. The van der Waals surface area contributed by atoms with Gasteiger partial charge in [-0.15, -0.1) is 0 Å². The Balaban J connectivity index is 2.02. The highest BCUT2D eigenvalue weighted by Crippen LogP contribution is 2.29. The lowest BCUT2D eigenvalue weighted by Crippen LogP contribution is -2.16. The van der Waals surface area contributed by atoms with E-state index in [-0.39, 0.29) is 0 Å². The normalized spacial score (nSPS) is 11.9. The first-order chi connectivity index (χ1) is 13.0. The summed E-state index contributed by atoms with van der Waals surface area (Å²) in [5.74, 6) is 1.42. The molecule has 3 rings (SSSR count). The molecule has 1 atom stereocenters. The monoisotopic (exact) mass is 424 g/mol. The van der Waals surface area contributed by atoms with Crippen LogP contribution in [0.15, 0.2) is 53.0 Å². The van der Waals surface area contributed by atoms with Gasteiger partial charge in [-0.1, -0.05) is 53.2 Å². The van der Waals surface area contributed by atoms with E-state index in [0.717, 1.165) is 44.8 Å². The molecule has 0 aliphatic heterocycles. The second kappa shape index (κ2) is 8.53. The molecule has 0 spiro atoms. The Morgan fingerprint density at radius 3 is 2.30 bits per heavy atom. The molecule has 4 nitrogen and oxygen atoms in total. The number of hydrogen-bond acceptors (Lipinski definition) is 4. The molecule has 5 heteroatoms. The molecule has 1 aromatic heterocycles. The molecule has 27 heavy (non-hydrogen) atoms. The topological polar surface area (TPSA) is 49.8 Å². The second-order valence-corrected chi connectivity index (χ2v) is 7.74. The third kappa shape index (κ3) is 4.86. The minimum absolute atomic E-state index is 0.306. The summed E-state index contributed by atoms with van der Waals surface area (Å²) in [6, 6.07) is 16.7. The van der Waals surface area contributed by atoms with Gasteiger partial charge in [0.15, 0.2) is 0 Å². The van der Waals surface area contributed by atoms with Crippen LogP contribution in [0.4, 0.5) is 17.5 Å². The quantitative estimate of drug-likeness (QED) is 0.475. The molecule has 2 aromatic carbocycles. The Labute approximate surface area is 169 Å². The number of hydrogen-bond donors (Lipinski definition) is 2. The zero-order chi connectivity index (χ0) is 19.4. The molecule has 0 fully saturated rings. The lowest BCUT2D eigenvalue weighted by molar-refractivity contribution is 0.753. The van der Waals surface area contributed by atoms with Crippen LogP contribution in [0.3, 0.4) is 0 Å². The molecule has 0 unspecified atom stereocenters. The van der Waals surface area contributed by atoms with Crippen molar-refractivity contribution in [3.05, 3.63) is 64.1 Å². The maximum absolute atomic E-state index is 4.72. The molecule has 1 heterocycles. The molecule has 2 N–H and O–H groups in total. The van der Waals surface area contributed by atoms with Crippen molar-refractivity contribution < 1.29 is 0 Å². The first-order valence-electron chi connectivity index (χ1n) is 9.21. The van der Waals surface area contributed by atoms with Crippen molar-refractivity contribution in [2.24, 2.45) is 0 Å². The van der Waals surface area contributed by atoms with Gasteiger partial charge in [0.25, 0.3) is 0 Å². The van der Waals surface area contributed by atoms with Gasteiger partial charge in [0.05, 0.1) is 5.69 Å². The number of rotatable bonds is 6. The van der Waals surface area contributed by atoms with E-state index in [1.165, 1.54) is 0 Å². The molecule has 140 valence electrons. The number of nitrogens with zero attached hydrogens (tertiary/aromatic N) is 2. The fourth-order valence-electron chi connectivity index (χ4n) is 2.89. The molecular formula is C22H25BrN4. The van der Waals surface area contributed by atoms with Gasteiger partial charge in [0, 0.05) is 27.8 Å². The molecular weight excluding hydrogens is 400 g/mol. The second-order valence-electron chi connectivity index (χ2n) is 6.82. The highest BCUT2D eigenvalue weighted by atomic mass is 79.9. The van der Waals surface area contributed by atoms with Gasteiger partial charge in [-0.2, -0.15) is 4.98 Å². The van der Waals surface area contributed by atoms with Crippen molar-refractivity contribution in [2.45, 2.75) is 40.2 Å². The molecule has 0 radical (unpaired) electrons. The molecule has 0 amide bonds. The number of benzene rings is 2. The van der Waals surface area contributed by atoms with Gasteiger partial charge in [0.2, 0.25) is 5.95 Å². The van der Waals surface area contributed by atoms with Crippen LogP contribution in [0.2, 0.25) is 0 Å². The van der Waals surface area contributed by atoms with Crippen molar-refractivity contribution in [2.75, 3.05) is 10.6 Å². The Hall–Kier alpha value is -2.40. The number of anilines is 3. The summed E-state index contributed by atoms with van der Waals surface area (Å²) < 4.78 is 1.08. The summed E-state index contributed by atoms with van der Waals surface area (Å²) in [6.07, 6.45) is 1.01. The fourth-order valence-corrected chi connectivity index (χ4v) is 3.58. The van der Waals surface area contributed by atoms with Crippen LogP contribution in [-0.4, -0.2) is 16.0 Å². The van der Waals surface area contributed by atoms with E-state index in [0.29, 0.717) is 12.0 Å². The van der Waals surface area contributed by atoms with Crippen LogP contribution < -0.4 is 10.6 Å². The van der Waals surface area contributed by atoms with Crippen LogP contribution >= 0.6 is 15.9 Å². The molecule has 0 saturated heterocycles. The van der Waals surface area contributed by atoms with Crippen LogP contribution in [0, 0.1) is 13.8 Å². The first-order valence-corrected chi connectivity index (χ1v) is 10.0. The molecule has 0 aliphatic rings. The zero-order valence-corrected chi connectivity index (χ0v) is 17.8. The van der Waals surface area contributed by atoms with Gasteiger partial charge >= 0.3 is 0 Å². The summed E-state index contributed by atoms with van der Waals surface area (Å²) in [5, 5.41) is 6.89. The van der Waals surface area contributed by atoms with Crippen molar-refractivity contribution in [3.8, 4) is 11.3 Å². The number of nitrogens with one attached hydrogen (secondary N) is 2. The number of halogens is 1. The van der Waals surface area contributed by atoms with Gasteiger partial charge in [-0.25, -0.2) is 4.98 Å². The lowest BCUT2D eigenvalue weighted by Gasteiger charge is -2.16. The van der Waals surface area contributed by atoms with Gasteiger partial charge in [0.1, 0.15) is 5.82 Å². The van der Waals surface area contributed by atoms with E-state index in [1.54, 1.807) is 0 Å². The fraction of sp³-hybridized carbons (Fsp3) is 0.273. The van der Waals surface area contributed by atoms with Gasteiger partial charge in [-0.05, 0) is 50.5 Å². The van der Waals surface area contributed by atoms with E-state index < -0.39 is 0 Å². The first kappa shape index (κ1) is 19.4. The third-order valence-corrected chi connectivity index (χ3v) is 4.99. The predicted molar refractivity (Wildman–Crippen MR) is 118 cm³/mol. The smallest absolute Gasteiger partial charge is 0.225 e. The Kier molecular flexibility index (Phi) is 6.11. The molecule has 0 saturated carbocycles. The highest BCUT2D eigenvalue weighted by molar-refractivity contribution is 9.10. The standard InChI is InChI=1S/C22H25BrN4/c1-5-16(4)24-22-25-19(17-9-7-6-8-10-17)13-20(27-22)26-21-14(2)11-18(23)12-15(21)3/h6-13,16H,5H2,1-4H3,(H2,24,25,26,27)/t16-/m1/s1. The minimum atomic E-state index is 0.306. The van der Waals surface area contributed by atoms with E-state index >= 15 is 0 Å². The number of aryl methyl sites for hydroxylation is 2. The Morgan fingerprint density at radius 2 is 1.67 bits per heavy atom. The maximum Gasteiger partial charge on any atom is 0.225 e. The van der Waals surface area contributed by atoms with Crippen LogP contribution in [-0.2, 0) is 0 Å². The molecule has 0 aliphatic carbocycles. The van der Waals surface area contributed by atoms with E-state index in [4.69, 9.17) is 9.97 Å². The van der Waals surface area contributed by atoms with Crippen molar-refractivity contribution in [1.82, 2.24) is 9.97 Å².